The number of urea groups is 1. The van der Waals surface area contributed by atoms with E-state index in [0.29, 0.717) is 6.47 Å². The number of primary amides is 1. The quantitative estimate of drug-likeness (QED) is 0.373. The van der Waals surface area contributed by atoms with Crippen molar-refractivity contribution in [1.82, 2.24) is 5.32 Å². The van der Waals surface area contributed by atoms with Crippen LogP contribution in [0.25, 0.3) is 0 Å². The summed E-state index contributed by atoms with van der Waals surface area (Å²) in [6, 6.07) is -0.621. The van der Waals surface area contributed by atoms with Gasteiger partial charge in [0.2, 0.25) is 0 Å². The van der Waals surface area contributed by atoms with Crippen molar-refractivity contribution in [1.29, 1.82) is 0 Å². The lowest BCUT2D eigenvalue weighted by atomic mass is 10.7. The van der Waals surface area contributed by atoms with Gasteiger partial charge >= 0.3 is 6.03 Å². The summed E-state index contributed by atoms with van der Waals surface area (Å²) >= 11 is 0. The Morgan fingerprint density at radius 1 is 1.78 bits per heavy atom. The number of nitrogens with one attached hydrogen (secondary N) is 1. The first-order valence-electron chi connectivity index (χ1n) is 2.36. The van der Waals surface area contributed by atoms with Gasteiger partial charge in [-0.15, -0.1) is 0 Å². The number of carbonyl (C=O) groups excluding carboxylic acids is 2. The van der Waals surface area contributed by atoms with Crippen LogP contribution in [0.15, 0.2) is 0 Å². The lowest BCUT2D eigenvalue weighted by Gasteiger charge is -1.97. The molecule has 52 valence electrons. The highest BCUT2D eigenvalue weighted by molar-refractivity contribution is 5.71. The van der Waals surface area contributed by atoms with Crippen molar-refractivity contribution in [2.45, 2.75) is 0 Å². The molecule has 0 aliphatic carbocycles. The third-order valence-electron chi connectivity index (χ3n) is 0.587. The predicted octanol–water partition coefficient (Wildman–Crippen LogP) is -1.17. The van der Waals surface area contributed by atoms with Gasteiger partial charge in [0.05, 0.1) is 6.54 Å². The van der Waals surface area contributed by atoms with Crippen molar-refractivity contribution < 1.29 is 14.3 Å². The fourth-order valence-electron chi connectivity index (χ4n) is 0.281. The Hall–Kier alpha value is -1.26. The number of ether oxygens (including phenoxy) is 1. The molecule has 0 saturated carbocycles. The standard InChI is InChI=1S/C4H8N2O3/c5-4(8)6-1-2-9-3-7/h3H,1-2H2,(H3,5,6,8). The maximum atomic E-state index is 9.93. The number of rotatable bonds is 4. The van der Waals surface area contributed by atoms with Gasteiger partial charge in [-0.2, -0.15) is 0 Å². The van der Waals surface area contributed by atoms with Gasteiger partial charge in [0.15, 0.2) is 0 Å². The van der Waals surface area contributed by atoms with E-state index in [-0.39, 0.29) is 13.2 Å². The summed E-state index contributed by atoms with van der Waals surface area (Å²) in [6.45, 7) is 0.725. The van der Waals surface area contributed by atoms with E-state index in [1.165, 1.54) is 0 Å². The Morgan fingerprint density at radius 3 is 2.89 bits per heavy atom. The Balaban J connectivity index is 2.91. The first-order chi connectivity index (χ1) is 4.27. The number of amides is 2. The Labute approximate surface area is 52.2 Å². The molecule has 0 unspecified atom stereocenters. The SMILES string of the molecule is NC(=O)NCCOC=O. The topological polar surface area (TPSA) is 81.4 Å². The number of hydrogen-bond acceptors (Lipinski definition) is 3. The third kappa shape index (κ3) is 6.74. The Morgan fingerprint density at radius 2 is 2.44 bits per heavy atom. The first-order valence-corrected chi connectivity index (χ1v) is 2.36. The average Bonchev–Trinajstić information content (AvgIpc) is 1.80. The molecule has 0 aliphatic rings. The molecule has 0 atom stereocenters. The molecule has 0 saturated heterocycles. The van der Waals surface area contributed by atoms with Crippen molar-refractivity contribution >= 4 is 12.5 Å². The fraction of sp³-hybridized carbons (Fsp3) is 0.500. The molecule has 2 amide bonds. The van der Waals surface area contributed by atoms with Crippen LogP contribution in [0.5, 0.6) is 0 Å². The number of nitrogens with two attached hydrogens (primary N) is 1. The zero-order valence-corrected chi connectivity index (χ0v) is 4.79. The monoisotopic (exact) mass is 132 g/mol. The van der Waals surface area contributed by atoms with Crippen LogP contribution in [0.1, 0.15) is 0 Å². The van der Waals surface area contributed by atoms with Crippen LogP contribution >= 0.6 is 0 Å². The normalized spacial score (nSPS) is 8.00. The van der Waals surface area contributed by atoms with Crippen molar-refractivity contribution in [3.63, 3.8) is 0 Å². The van der Waals surface area contributed by atoms with Crippen LogP contribution < -0.4 is 11.1 Å². The van der Waals surface area contributed by atoms with E-state index in [9.17, 15) is 9.59 Å². The second-order valence-electron chi connectivity index (χ2n) is 1.26. The molecule has 0 bridgehead atoms. The van der Waals surface area contributed by atoms with E-state index in [4.69, 9.17) is 0 Å². The van der Waals surface area contributed by atoms with Gasteiger partial charge in [-0.3, -0.25) is 4.79 Å². The van der Waals surface area contributed by atoms with Gasteiger partial charge in [0.1, 0.15) is 6.61 Å². The van der Waals surface area contributed by atoms with Crippen molar-refractivity contribution in [2.24, 2.45) is 5.73 Å². The zero-order chi connectivity index (χ0) is 7.11. The highest BCUT2D eigenvalue weighted by Gasteiger charge is 1.88. The summed E-state index contributed by atoms with van der Waals surface area (Å²) in [7, 11) is 0. The molecule has 0 fully saturated rings. The van der Waals surface area contributed by atoms with E-state index in [1.54, 1.807) is 0 Å². The van der Waals surface area contributed by atoms with Crippen LogP contribution in [0.2, 0.25) is 0 Å². The van der Waals surface area contributed by atoms with E-state index in [0.717, 1.165) is 0 Å². The molecule has 9 heavy (non-hydrogen) atoms. The summed E-state index contributed by atoms with van der Waals surface area (Å²) in [5, 5.41) is 2.24. The minimum atomic E-state index is -0.621. The van der Waals surface area contributed by atoms with Crippen molar-refractivity contribution in [2.75, 3.05) is 13.2 Å². The zero-order valence-electron chi connectivity index (χ0n) is 4.79. The van der Waals surface area contributed by atoms with E-state index in [1.807, 2.05) is 0 Å². The van der Waals surface area contributed by atoms with E-state index < -0.39 is 6.03 Å². The highest BCUT2D eigenvalue weighted by Crippen LogP contribution is 1.63. The predicted molar refractivity (Wildman–Crippen MR) is 29.6 cm³/mol. The molecule has 3 N–H and O–H groups in total. The maximum Gasteiger partial charge on any atom is 0.312 e. The first kappa shape index (κ1) is 7.74. The van der Waals surface area contributed by atoms with Gasteiger partial charge in [-0.25, -0.2) is 4.79 Å². The molecule has 0 spiro atoms. The number of hydrogen-bond donors (Lipinski definition) is 2. The molecular weight excluding hydrogens is 124 g/mol. The molecule has 0 radical (unpaired) electrons. The summed E-state index contributed by atoms with van der Waals surface area (Å²) in [5.41, 5.74) is 4.68. The van der Waals surface area contributed by atoms with E-state index in [2.05, 4.69) is 15.8 Å². The van der Waals surface area contributed by atoms with Gasteiger partial charge in [-0.05, 0) is 0 Å². The van der Waals surface area contributed by atoms with Crippen molar-refractivity contribution in [3.05, 3.63) is 0 Å². The van der Waals surface area contributed by atoms with Gasteiger partial charge in [-0.1, -0.05) is 0 Å². The molecule has 0 heterocycles. The van der Waals surface area contributed by atoms with Gasteiger partial charge in [0.25, 0.3) is 6.47 Å². The fourth-order valence-corrected chi connectivity index (χ4v) is 0.281. The lowest BCUT2D eigenvalue weighted by Crippen LogP contribution is -2.31. The summed E-state index contributed by atoms with van der Waals surface area (Å²) in [5.74, 6) is 0. The molecule has 5 heteroatoms. The Bertz CT molecular complexity index is 104. The van der Waals surface area contributed by atoms with Crippen molar-refractivity contribution in [3.8, 4) is 0 Å². The summed E-state index contributed by atoms with van der Waals surface area (Å²) < 4.78 is 4.23. The minimum absolute atomic E-state index is 0.159. The third-order valence-corrected chi connectivity index (χ3v) is 0.587. The Kier molecular flexibility index (Phi) is 4.20. The molecular formula is C4H8N2O3. The second kappa shape index (κ2) is 4.89. The van der Waals surface area contributed by atoms with Crippen LogP contribution in [0.3, 0.4) is 0 Å². The van der Waals surface area contributed by atoms with Crippen LogP contribution in [0.4, 0.5) is 4.79 Å². The minimum Gasteiger partial charge on any atom is -0.466 e. The number of carbonyl (C=O) groups is 2. The summed E-state index contributed by atoms with van der Waals surface area (Å²) in [4.78, 5) is 19.4. The molecule has 5 nitrogen and oxygen atoms in total. The van der Waals surface area contributed by atoms with Crippen LogP contribution in [-0.2, 0) is 9.53 Å². The van der Waals surface area contributed by atoms with E-state index >= 15 is 0 Å². The average molecular weight is 132 g/mol. The van der Waals surface area contributed by atoms with Crippen LogP contribution in [-0.4, -0.2) is 25.7 Å². The molecule has 0 aromatic carbocycles. The second-order valence-corrected chi connectivity index (χ2v) is 1.26. The van der Waals surface area contributed by atoms with Gasteiger partial charge in [0, 0.05) is 0 Å². The molecule has 0 aromatic heterocycles. The van der Waals surface area contributed by atoms with Gasteiger partial charge < -0.3 is 15.8 Å². The summed E-state index contributed by atoms with van der Waals surface area (Å²) in [6.07, 6.45) is 0. The molecule has 0 aromatic rings. The largest absolute Gasteiger partial charge is 0.466 e. The lowest BCUT2D eigenvalue weighted by molar-refractivity contribution is -0.128. The smallest absolute Gasteiger partial charge is 0.312 e. The highest BCUT2D eigenvalue weighted by atomic mass is 16.5. The molecule has 0 aliphatic heterocycles. The molecule has 0 rings (SSSR count). The van der Waals surface area contributed by atoms with Crippen LogP contribution in [0, 0.1) is 0 Å². The maximum absolute atomic E-state index is 9.93.